The number of anilines is 2. The highest BCUT2D eigenvalue weighted by Gasteiger charge is 2.42. The second-order valence-corrected chi connectivity index (χ2v) is 10.3. The summed E-state index contributed by atoms with van der Waals surface area (Å²) in [6.45, 7) is 2.21. The van der Waals surface area contributed by atoms with Gasteiger partial charge in [-0.05, 0) is 30.9 Å². The number of alkyl halides is 1. The molecule has 1 aliphatic heterocycles. The number of carboxylic acids is 1. The van der Waals surface area contributed by atoms with Crippen LogP contribution in [0.5, 0.6) is 5.75 Å². The van der Waals surface area contributed by atoms with Gasteiger partial charge in [0.15, 0.2) is 0 Å². The van der Waals surface area contributed by atoms with Crippen LogP contribution in [0.25, 0.3) is 0 Å². The topological polar surface area (TPSA) is 83.9 Å². The van der Waals surface area contributed by atoms with E-state index >= 15 is 4.39 Å². The van der Waals surface area contributed by atoms with E-state index < -0.39 is 27.2 Å². The number of hydrogen-bond acceptors (Lipinski definition) is 6. The van der Waals surface area contributed by atoms with E-state index in [1.54, 1.807) is 12.3 Å². The summed E-state index contributed by atoms with van der Waals surface area (Å²) in [6, 6.07) is 12.3. The Bertz CT molecular complexity index is 1090. The molecule has 0 spiro atoms. The molecule has 172 valence electrons. The molecule has 2 aromatic carbocycles. The highest BCUT2D eigenvalue weighted by molar-refractivity contribution is 7.98. The first-order valence-corrected chi connectivity index (χ1v) is 13.1. The van der Waals surface area contributed by atoms with Crippen molar-refractivity contribution in [2.24, 2.45) is 5.92 Å². The largest absolute Gasteiger partial charge is 0.478 e. The summed E-state index contributed by atoms with van der Waals surface area (Å²) in [6.07, 6.45) is 5.60. The smallest absolute Gasteiger partial charge is 0.331 e. The molecule has 1 N–H and O–H groups in total. The Kier molecular flexibility index (Phi) is 7.84. The van der Waals surface area contributed by atoms with Crippen LogP contribution in [0.15, 0.2) is 64.6 Å². The summed E-state index contributed by atoms with van der Waals surface area (Å²) in [5, 5.41) is 8.80. The van der Waals surface area contributed by atoms with E-state index in [0.29, 0.717) is 17.0 Å². The van der Waals surface area contributed by atoms with E-state index in [1.165, 1.54) is 17.8 Å². The number of ether oxygens (including phenoxy) is 1. The molecule has 1 aliphatic rings. The van der Waals surface area contributed by atoms with Gasteiger partial charge in [-0.2, -0.15) is 0 Å². The number of carbonyl (C=O) groups is 1. The Morgan fingerprint density at radius 3 is 2.66 bits per heavy atom. The Balaban J connectivity index is 2.20. The number of nitrogens with zero attached hydrogens (tertiary/aromatic N) is 1. The molecule has 3 rings (SSSR count). The Labute approximate surface area is 192 Å². The fraction of sp³-hybridized carbons (Fsp3) is 0.348. The monoisotopic (exact) mass is 479 g/mol. The van der Waals surface area contributed by atoms with Crippen molar-refractivity contribution in [2.75, 3.05) is 17.7 Å². The lowest BCUT2D eigenvalue weighted by atomic mass is 10.0. The molecule has 0 saturated carbocycles. The van der Waals surface area contributed by atoms with Gasteiger partial charge in [0, 0.05) is 24.2 Å². The molecule has 0 radical (unpaired) electrons. The fourth-order valence-corrected chi connectivity index (χ4v) is 5.96. The number of halogens is 1. The van der Waals surface area contributed by atoms with Gasteiger partial charge in [0.25, 0.3) is 0 Å². The Morgan fingerprint density at radius 1 is 1.31 bits per heavy atom. The van der Waals surface area contributed by atoms with Crippen molar-refractivity contribution in [3.63, 3.8) is 0 Å². The summed E-state index contributed by atoms with van der Waals surface area (Å²) in [4.78, 5) is 13.1. The summed E-state index contributed by atoms with van der Waals surface area (Å²) >= 11 is 1.33. The molecule has 32 heavy (non-hydrogen) atoms. The van der Waals surface area contributed by atoms with Crippen LogP contribution in [0, 0.1) is 5.92 Å². The molecule has 1 heterocycles. The lowest BCUT2D eigenvalue weighted by molar-refractivity contribution is -0.131. The summed E-state index contributed by atoms with van der Waals surface area (Å²) in [5.74, 6) is -1.73. The van der Waals surface area contributed by atoms with Crippen molar-refractivity contribution in [3.8, 4) is 5.75 Å². The zero-order chi connectivity index (χ0) is 23.3. The first kappa shape index (κ1) is 24.1. The number of benzene rings is 2. The number of thioether (sulfide) groups is 1. The molecule has 0 aromatic heterocycles. The zero-order valence-electron chi connectivity index (χ0n) is 17.9. The van der Waals surface area contributed by atoms with Gasteiger partial charge >= 0.3 is 5.97 Å². The highest BCUT2D eigenvalue weighted by Crippen LogP contribution is 2.45. The number of rotatable bonds is 8. The van der Waals surface area contributed by atoms with Gasteiger partial charge in [0.2, 0.25) is 15.3 Å². The van der Waals surface area contributed by atoms with E-state index in [4.69, 9.17) is 9.84 Å². The molecule has 6 nitrogen and oxygen atoms in total. The second-order valence-electron chi connectivity index (χ2n) is 7.47. The minimum Gasteiger partial charge on any atom is -0.478 e. The maximum absolute atomic E-state index is 15.5. The summed E-state index contributed by atoms with van der Waals surface area (Å²) < 4.78 is 47.6. The molecule has 0 aliphatic carbocycles. The average molecular weight is 480 g/mol. The van der Waals surface area contributed by atoms with E-state index in [1.807, 2.05) is 42.2 Å². The number of unbranched alkanes of at least 4 members (excludes halogenated alkanes) is 1. The van der Waals surface area contributed by atoms with Crippen molar-refractivity contribution in [1.29, 1.82) is 0 Å². The maximum atomic E-state index is 15.5. The lowest BCUT2D eigenvalue weighted by Gasteiger charge is -2.28. The standard InChI is InChI=1S/C23H26FNO5S2/c1-3-4-8-16-15-25(17-9-6-5-7-10-17)18-13-20(31-2)19(30-12-11-22(26)27)14-21(18)32(28,29)23(16)24/h5-7,9-14,16,23H,3-4,8,15H2,1-2H3,(H,26,27)/b12-11+/t16?,23-/m1/s1. The summed E-state index contributed by atoms with van der Waals surface area (Å²) in [5.41, 5.74) is -0.896. The van der Waals surface area contributed by atoms with Crippen LogP contribution in [-0.4, -0.2) is 37.8 Å². The van der Waals surface area contributed by atoms with E-state index in [-0.39, 0.29) is 17.2 Å². The predicted octanol–water partition coefficient (Wildman–Crippen LogP) is 5.41. The fourth-order valence-electron chi connectivity index (χ4n) is 3.72. The number of sulfone groups is 1. The number of fused-ring (bicyclic) bond motifs is 1. The quantitative estimate of drug-likeness (QED) is 0.308. The van der Waals surface area contributed by atoms with Gasteiger partial charge < -0.3 is 14.7 Å². The first-order valence-electron chi connectivity index (χ1n) is 10.3. The van der Waals surface area contributed by atoms with Crippen molar-refractivity contribution in [2.45, 2.75) is 41.5 Å². The lowest BCUT2D eigenvalue weighted by Crippen LogP contribution is -2.31. The predicted molar refractivity (Wildman–Crippen MR) is 124 cm³/mol. The highest BCUT2D eigenvalue weighted by atomic mass is 32.2. The van der Waals surface area contributed by atoms with Crippen molar-refractivity contribution in [3.05, 3.63) is 54.8 Å². The van der Waals surface area contributed by atoms with Crippen LogP contribution < -0.4 is 9.64 Å². The van der Waals surface area contributed by atoms with Crippen LogP contribution >= 0.6 is 11.8 Å². The molecule has 0 fully saturated rings. The Hall–Kier alpha value is -2.52. The van der Waals surface area contributed by atoms with Crippen molar-refractivity contribution in [1.82, 2.24) is 0 Å². The van der Waals surface area contributed by atoms with Crippen molar-refractivity contribution >= 4 is 38.9 Å². The van der Waals surface area contributed by atoms with Crippen LogP contribution in [0.4, 0.5) is 15.8 Å². The number of hydrogen-bond donors (Lipinski definition) is 1. The van der Waals surface area contributed by atoms with Crippen LogP contribution in [0.2, 0.25) is 0 Å². The number of aliphatic carboxylic acids is 1. The number of para-hydroxylation sites is 1. The third-order valence-corrected chi connectivity index (χ3v) is 8.01. The molecule has 2 atom stereocenters. The van der Waals surface area contributed by atoms with Gasteiger partial charge in [0.05, 0.1) is 27.8 Å². The molecular weight excluding hydrogens is 453 g/mol. The normalized spacial score (nSPS) is 20.0. The molecule has 0 saturated heterocycles. The maximum Gasteiger partial charge on any atom is 0.331 e. The number of carboxylic acid groups (broad SMARTS) is 1. The average Bonchev–Trinajstić information content (AvgIpc) is 2.86. The SMILES string of the molecule is CCCCC1CN(c2ccccc2)c2cc(SC)c(O/C=C/C(=O)O)cc2S(=O)(=O)[C@H]1F. The molecule has 1 unspecified atom stereocenters. The zero-order valence-corrected chi connectivity index (χ0v) is 19.5. The van der Waals surface area contributed by atoms with Crippen LogP contribution in [-0.2, 0) is 14.6 Å². The second kappa shape index (κ2) is 10.4. The minimum atomic E-state index is -4.30. The molecule has 2 aromatic rings. The van der Waals surface area contributed by atoms with E-state index in [9.17, 15) is 13.2 Å². The molecular formula is C23H26FNO5S2. The molecule has 9 heteroatoms. The third-order valence-electron chi connectivity index (χ3n) is 5.33. The van der Waals surface area contributed by atoms with Gasteiger partial charge in [0.1, 0.15) is 5.75 Å². The van der Waals surface area contributed by atoms with Crippen molar-refractivity contribution < 1.29 is 27.4 Å². The van der Waals surface area contributed by atoms with Gasteiger partial charge in [-0.1, -0.05) is 38.0 Å². The first-order chi connectivity index (χ1) is 15.3. The van der Waals surface area contributed by atoms with E-state index in [0.717, 1.165) is 30.9 Å². The third kappa shape index (κ3) is 5.10. The Morgan fingerprint density at radius 2 is 2.03 bits per heavy atom. The molecule has 0 amide bonds. The van der Waals surface area contributed by atoms with Crippen LogP contribution in [0.1, 0.15) is 26.2 Å². The van der Waals surface area contributed by atoms with Crippen LogP contribution in [0.3, 0.4) is 0 Å². The molecule has 0 bridgehead atoms. The van der Waals surface area contributed by atoms with E-state index in [2.05, 4.69) is 0 Å². The minimum absolute atomic E-state index is 0.157. The van der Waals surface area contributed by atoms with Gasteiger partial charge in [-0.25, -0.2) is 17.6 Å². The summed E-state index contributed by atoms with van der Waals surface area (Å²) in [7, 11) is -4.30. The van der Waals surface area contributed by atoms with Gasteiger partial charge in [-0.15, -0.1) is 11.8 Å². The van der Waals surface area contributed by atoms with Gasteiger partial charge in [-0.3, -0.25) is 0 Å².